The highest BCUT2D eigenvalue weighted by molar-refractivity contribution is 5.93. The summed E-state index contributed by atoms with van der Waals surface area (Å²) in [7, 11) is 3.30. The van der Waals surface area contributed by atoms with Crippen LogP contribution < -0.4 is 0 Å². The predicted octanol–water partition coefficient (Wildman–Crippen LogP) is 1.09. The Morgan fingerprint density at radius 2 is 2.22 bits per heavy atom. The summed E-state index contributed by atoms with van der Waals surface area (Å²) in [6, 6.07) is 3.75. The maximum Gasteiger partial charge on any atom is 0.257 e. The Morgan fingerprint density at radius 3 is 2.89 bits per heavy atom. The molecule has 0 saturated carbocycles. The standard InChI is InChI=1S/C19H25N5O3/c1-22-12-16(10-21-22)19(26)23-8-4-6-17(13-23)24(18(25)14-27-2)11-15-5-3-7-20-9-15/h3,5,7,9-10,12,17H,4,6,8,11,13-14H2,1-2H3. The first-order valence-electron chi connectivity index (χ1n) is 9.03. The highest BCUT2D eigenvalue weighted by Crippen LogP contribution is 2.20. The van der Waals surface area contributed by atoms with Gasteiger partial charge in [0.1, 0.15) is 6.61 Å². The molecule has 1 atom stereocenters. The zero-order chi connectivity index (χ0) is 19.2. The average Bonchev–Trinajstić information content (AvgIpc) is 3.13. The van der Waals surface area contributed by atoms with E-state index in [2.05, 4.69) is 10.1 Å². The van der Waals surface area contributed by atoms with Crippen LogP contribution in [0.3, 0.4) is 0 Å². The fourth-order valence-corrected chi connectivity index (χ4v) is 3.42. The van der Waals surface area contributed by atoms with Crippen molar-refractivity contribution in [2.24, 2.45) is 7.05 Å². The molecule has 2 aromatic heterocycles. The third kappa shape index (κ3) is 4.71. The van der Waals surface area contributed by atoms with E-state index in [1.807, 2.05) is 21.9 Å². The molecule has 1 fully saturated rings. The number of likely N-dealkylation sites (tertiary alicyclic amines) is 1. The predicted molar refractivity (Wildman–Crippen MR) is 98.8 cm³/mol. The van der Waals surface area contributed by atoms with Gasteiger partial charge in [-0.25, -0.2) is 0 Å². The second kappa shape index (κ2) is 8.77. The SMILES string of the molecule is COCC(=O)N(Cc1cccnc1)C1CCCN(C(=O)c2cnn(C)c2)C1. The van der Waals surface area contributed by atoms with E-state index in [1.54, 1.807) is 36.5 Å². The largest absolute Gasteiger partial charge is 0.375 e. The number of hydrogen-bond acceptors (Lipinski definition) is 5. The Balaban J connectivity index is 1.75. The lowest BCUT2D eigenvalue weighted by Gasteiger charge is -2.39. The van der Waals surface area contributed by atoms with Gasteiger partial charge in [0.15, 0.2) is 0 Å². The van der Waals surface area contributed by atoms with Crippen molar-refractivity contribution in [2.45, 2.75) is 25.4 Å². The van der Waals surface area contributed by atoms with Crippen LogP contribution in [-0.4, -0.2) is 69.2 Å². The lowest BCUT2D eigenvalue weighted by molar-refractivity contribution is -0.139. The van der Waals surface area contributed by atoms with Crippen molar-refractivity contribution < 1.29 is 14.3 Å². The molecule has 0 aromatic carbocycles. The van der Waals surface area contributed by atoms with Gasteiger partial charge in [-0.3, -0.25) is 19.3 Å². The van der Waals surface area contributed by atoms with Gasteiger partial charge in [0.05, 0.1) is 11.8 Å². The lowest BCUT2D eigenvalue weighted by atomic mass is 10.0. The second-order valence-electron chi connectivity index (χ2n) is 6.77. The molecule has 3 rings (SSSR count). The summed E-state index contributed by atoms with van der Waals surface area (Å²) in [6.45, 7) is 1.66. The number of ether oxygens (including phenoxy) is 1. The number of aromatic nitrogens is 3. The van der Waals surface area contributed by atoms with Gasteiger partial charge in [-0.1, -0.05) is 6.07 Å². The number of methoxy groups -OCH3 is 1. The number of piperidine rings is 1. The van der Waals surface area contributed by atoms with Crippen molar-refractivity contribution in [1.82, 2.24) is 24.6 Å². The van der Waals surface area contributed by atoms with Crippen LogP contribution in [0.1, 0.15) is 28.8 Å². The molecule has 1 unspecified atom stereocenters. The number of amides is 2. The van der Waals surface area contributed by atoms with Crippen LogP contribution >= 0.6 is 0 Å². The van der Waals surface area contributed by atoms with Crippen LogP contribution in [0.5, 0.6) is 0 Å². The van der Waals surface area contributed by atoms with E-state index in [0.29, 0.717) is 25.2 Å². The van der Waals surface area contributed by atoms with Crippen molar-refractivity contribution in [3.8, 4) is 0 Å². The van der Waals surface area contributed by atoms with Crippen molar-refractivity contribution in [2.75, 3.05) is 26.8 Å². The lowest BCUT2D eigenvalue weighted by Crippen LogP contribution is -2.52. The van der Waals surface area contributed by atoms with Gasteiger partial charge in [0.2, 0.25) is 5.91 Å². The number of hydrogen-bond donors (Lipinski definition) is 0. The molecule has 144 valence electrons. The summed E-state index contributed by atoms with van der Waals surface area (Å²) < 4.78 is 6.68. The molecule has 0 aliphatic carbocycles. The monoisotopic (exact) mass is 371 g/mol. The van der Waals surface area contributed by atoms with Crippen LogP contribution in [0.25, 0.3) is 0 Å². The minimum Gasteiger partial charge on any atom is -0.375 e. The van der Waals surface area contributed by atoms with E-state index in [-0.39, 0.29) is 24.5 Å². The summed E-state index contributed by atoms with van der Waals surface area (Å²) >= 11 is 0. The second-order valence-corrected chi connectivity index (χ2v) is 6.77. The molecule has 0 spiro atoms. The fourth-order valence-electron chi connectivity index (χ4n) is 3.42. The van der Waals surface area contributed by atoms with E-state index in [0.717, 1.165) is 18.4 Å². The van der Waals surface area contributed by atoms with Crippen molar-refractivity contribution in [3.63, 3.8) is 0 Å². The normalized spacial score (nSPS) is 17.0. The molecule has 1 saturated heterocycles. The van der Waals surface area contributed by atoms with E-state index in [4.69, 9.17) is 4.74 Å². The first-order valence-corrected chi connectivity index (χ1v) is 9.03. The number of rotatable bonds is 6. The van der Waals surface area contributed by atoms with Crippen molar-refractivity contribution in [3.05, 3.63) is 48.0 Å². The van der Waals surface area contributed by atoms with Gasteiger partial charge in [-0.2, -0.15) is 5.10 Å². The van der Waals surface area contributed by atoms with E-state index >= 15 is 0 Å². The first kappa shape index (κ1) is 19.0. The molecule has 1 aliphatic rings. The topological polar surface area (TPSA) is 80.6 Å². The molecule has 8 nitrogen and oxygen atoms in total. The number of pyridine rings is 1. The number of carbonyl (C=O) groups is 2. The number of carbonyl (C=O) groups excluding carboxylic acids is 2. The van der Waals surface area contributed by atoms with Gasteiger partial charge in [-0.15, -0.1) is 0 Å². The summed E-state index contributed by atoms with van der Waals surface area (Å²) in [5.74, 6) is -0.129. The summed E-state index contributed by atoms with van der Waals surface area (Å²) in [5.41, 5.74) is 1.53. The Bertz CT molecular complexity index is 777. The Morgan fingerprint density at radius 1 is 1.37 bits per heavy atom. The van der Waals surface area contributed by atoms with Gasteiger partial charge in [0, 0.05) is 58.4 Å². The molecule has 27 heavy (non-hydrogen) atoms. The van der Waals surface area contributed by atoms with Crippen LogP contribution in [0.2, 0.25) is 0 Å². The highest BCUT2D eigenvalue weighted by atomic mass is 16.5. The van der Waals surface area contributed by atoms with Gasteiger partial charge in [0.25, 0.3) is 5.91 Å². The quantitative estimate of drug-likeness (QED) is 0.759. The minimum atomic E-state index is -0.0815. The van der Waals surface area contributed by atoms with Gasteiger partial charge >= 0.3 is 0 Å². The van der Waals surface area contributed by atoms with E-state index in [9.17, 15) is 9.59 Å². The van der Waals surface area contributed by atoms with Crippen LogP contribution in [0.4, 0.5) is 0 Å². The van der Waals surface area contributed by atoms with Gasteiger partial charge in [-0.05, 0) is 24.5 Å². The van der Waals surface area contributed by atoms with E-state index in [1.165, 1.54) is 7.11 Å². The van der Waals surface area contributed by atoms with Crippen molar-refractivity contribution in [1.29, 1.82) is 0 Å². The Hall–Kier alpha value is -2.74. The first-order chi connectivity index (χ1) is 13.1. The molecule has 0 bridgehead atoms. The molecule has 3 heterocycles. The molecule has 0 radical (unpaired) electrons. The zero-order valence-corrected chi connectivity index (χ0v) is 15.7. The number of aryl methyl sites for hydroxylation is 1. The molecule has 2 aromatic rings. The highest BCUT2D eigenvalue weighted by Gasteiger charge is 2.31. The Kier molecular flexibility index (Phi) is 6.18. The molecule has 1 aliphatic heterocycles. The third-order valence-corrected chi connectivity index (χ3v) is 4.74. The molecular formula is C19H25N5O3. The van der Waals surface area contributed by atoms with E-state index < -0.39 is 0 Å². The maximum atomic E-state index is 12.8. The van der Waals surface area contributed by atoms with Crippen LogP contribution in [0.15, 0.2) is 36.9 Å². The number of nitrogens with zero attached hydrogens (tertiary/aromatic N) is 5. The summed E-state index contributed by atoms with van der Waals surface area (Å²) in [4.78, 5) is 33.2. The molecule has 8 heteroatoms. The third-order valence-electron chi connectivity index (χ3n) is 4.74. The zero-order valence-electron chi connectivity index (χ0n) is 15.7. The smallest absolute Gasteiger partial charge is 0.257 e. The molecule has 2 amide bonds. The van der Waals surface area contributed by atoms with Crippen LogP contribution in [0, 0.1) is 0 Å². The molecular weight excluding hydrogens is 346 g/mol. The maximum absolute atomic E-state index is 12.8. The van der Waals surface area contributed by atoms with Gasteiger partial charge < -0.3 is 14.5 Å². The fraction of sp³-hybridized carbons (Fsp3) is 0.474. The average molecular weight is 371 g/mol. The minimum absolute atomic E-state index is 0.0211. The van der Waals surface area contributed by atoms with Crippen molar-refractivity contribution >= 4 is 11.8 Å². The summed E-state index contributed by atoms with van der Waals surface area (Å²) in [5, 5.41) is 4.08. The molecule has 0 N–H and O–H groups in total. The Labute approximate surface area is 158 Å². The van der Waals surface area contributed by atoms with Crippen LogP contribution in [-0.2, 0) is 23.1 Å². The summed E-state index contributed by atoms with van der Waals surface area (Å²) in [6.07, 6.45) is 8.46.